The number of ether oxygens (including phenoxy) is 1. The van der Waals surface area contributed by atoms with Crippen LogP contribution in [-0.2, 0) is 7.05 Å². The average Bonchev–Trinajstić information content (AvgIpc) is 2.41. The first kappa shape index (κ1) is 15.4. The molecule has 0 radical (unpaired) electrons. The molecule has 0 bridgehead atoms. The maximum Gasteiger partial charge on any atom is 0.419 e. The maximum atomic E-state index is 11.9. The third-order valence-corrected chi connectivity index (χ3v) is 2.57. The highest BCUT2D eigenvalue weighted by atomic mass is 127. The zero-order chi connectivity index (χ0) is 13.0. The van der Waals surface area contributed by atoms with E-state index in [2.05, 4.69) is 0 Å². The molecule has 4 nitrogen and oxygen atoms in total. The normalized spacial score (nSPS) is 9.37. The molecule has 0 aliphatic rings. The number of rotatable bonds is 2. The van der Waals surface area contributed by atoms with Crippen LogP contribution in [0.1, 0.15) is 0 Å². The average molecular weight is 370 g/mol. The molecular weight excluding hydrogens is 355 g/mol. The van der Waals surface area contributed by atoms with Crippen molar-refractivity contribution >= 4 is 11.8 Å². The van der Waals surface area contributed by atoms with Crippen LogP contribution in [0.4, 0.5) is 10.5 Å². The summed E-state index contributed by atoms with van der Waals surface area (Å²) in [6.45, 7) is 0. The van der Waals surface area contributed by atoms with Gasteiger partial charge >= 0.3 is 6.09 Å². The summed E-state index contributed by atoms with van der Waals surface area (Å²) in [6, 6.07) is 12.9. The first-order valence-corrected chi connectivity index (χ1v) is 5.63. The summed E-state index contributed by atoms with van der Waals surface area (Å²) in [6.07, 6.45) is 3.24. The number of aromatic nitrogens is 1. The van der Waals surface area contributed by atoms with Crippen molar-refractivity contribution in [3.8, 4) is 5.75 Å². The summed E-state index contributed by atoms with van der Waals surface area (Å²) in [7, 11) is 3.59. The highest BCUT2D eigenvalue weighted by Gasteiger charge is 2.13. The molecule has 0 aliphatic carbocycles. The minimum absolute atomic E-state index is 0. The van der Waals surface area contributed by atoms with Gasteiger partial charge in [0.2, 0.25) is 0 Å². The largest absolute Gasteiger partial charge is 1.00 e. The predicted molar refractivity (Wildman–Crippen MR) is 68.5 cm³/mol. The number of pyridine rings is 1. The van der Waals surface area contributed by atoms with Crippen LogP contribution in [0.2, 0.25) is 0 Å². The van der Waals surface area contributed by atoms with Crippen molar-refractivity contribution in [3.63, 3.8) is 0 Å². The van der Waals surface area contributed by atoms with Crippen LogP contribution in [0.5, 0.6) is 5.75 Å². The van der Waals surface area contributed by atoms with Gasteiger partial charge in [0.1, 0.15) is 12.8 Å². The summed E-state index contributed by atoms with van der Waals surface area (Å²) >= 11 is 0. The van der Waals surface area contributed by atoms with Crippen LogP contribution in [-0.4, -0.2) is 13.1 Å². The van der Waals surface area contributed by atoms with Gasteiger partial charge in [-0.3, -0.25) is 4.90 Å². The Morgan fingerprint density at radius 1 is 1.11 bits per heavy atom. The third-order valence-electron chi connectivity index (χ3n) is 2.57. The van der Waals surface area contributed by atoms with E-state index in [1.54, 1.807) is 19.2 Å². The van der Waals surface area contributed by atoms with Crippen molar-refractivity contribution in [1.82, 2.24) is 0 Å². The molecule has 0 N–H and O–H groups in total. The molecule has 1 aromatic carbocycles. The van der Waals surface area contributed by atoms with Gasteiger partial charge in [0.15, 0.2) is 12.4 Å². The van der Waals surface area contributed by atoms with Gasteiger partial charge in [-0.05, 0) is 12.1 Å². The van der Waals surface area contributed by atoms with E-state index in [-0.39, 0.29) is 24.0 Å². The van der Waals surface area contributed by atoms with Crippen LogP contribution >= 0.6 is 0 Å². The van der Waals surface area contributed by atoms with E-state index in [0.29, 0.717) is 5.75 Å². The van der Waals surface area contributed by atoms with Gasteiger partial charge < -0.3 is 28.7 Å². The number of halogens is 1. The fourth-order valence-electron chi connectivity index (χ4n) is 1.48. The van der Waals surface area contributed by atoms with E-state index in [4.69, 9.17) is 4.74 Å². The highest BCUT2D eigenvalue weighted by Crippen LogP contribution is 2.14. The summed E-state index contributed by atoms with van der Waals surface area (Å²) in [4.78, 5) is 13.4. The zero-order valence-corrected chi connectivity index (χ0v) is 12.9. The van der Waals surface area contributed by atoms with Gasteiger partial charge in [-0.25, -0.2) is 9.36 Å². The number of anilines is 1. The standard InChI is InChI=1S/C14H15N2O2.HI/c1-15-10-8-13(9-11-15)18-14(17)16(2)12-6-4-3-5-7-12;/h3-11H,1-2H3;1H/q+1;/p-1. The third kappa shape index (κ3) is 4.20. The fourth-order valence-corrected chi connectivity index (χ4v) is 1.48. The lowest BCUT2D eigenvalue weighted by atomic mass is 10.3. The Balaban J connectivity index is 0.00000180. The quantitative estimate of drug-likeness (QED) is 0.510. The van der Waals surface area contributed by atoms with Gasteiger partial charge in [-0.1, -0.05) is 18.2 Å². The molecule has 0 fully saturated rings. The topological polar surface area (TPSA) is 33.4 Å². The summed E-state index contributed by atoms with van der Waals surface area (Å²) < 4.78 is 7.13. The van der Waals surface area contributed by atoms with Gasteiger partial charge in [-0.15, -0.1) is 0 Å². The van der Waals surface area contributed by atoms with Crippen molar-refractivity contribution in [2.45, 2.75) is 0 Å². The van der Waals surface area contributed by atoms with Crippen LogP contribution in [0.3, 0.4) is 0 Å². The van der Waals surface area contributed by atoms with E-state index in [1.165, 1.54) is 4.90 Å². The number of hydrogen-bond donors (Lipinski definition) is 0. The van der Waals surface area contributed by atoms with Crippen LogP contribution in [0.25, 0.3) is 0 Å². The minimum atomic E-state index is -0.407. The zero-order valence-electron chi connectivity index (χ0n) is 10.8. The van der Waals surface area contributed by atoms with Crippen LogP contribution in [0, 0.1) is 0 Å². The van der Waals surface area contributed by atoms with Gasteiger partial charge in [0.05, 0.1) is 0 Å². The molecule has 1 amide bonds. The Bertz CT molecular complexity index is 529. The minimum Gasteiger partial charge on any atom is -1.00 e. The number of hydrogen-bond acceptors (Lipinski definition) is 2. The van der Waals surface area contributed by atoms with Crippen molar-refractivity contribution in [3.05, 3.63) is 54.9 Å². The summed E-state index contributed by atoms with van der Waals surface area (Å²) in [5, 5.41) is 0. The summed E-state index contributed by atoms with van der Waals surface area (Å²) in [5.41, 5.74) is 0.795. The van der Waals surface area contributed by atoms with Crippen molar-refractivity contribution in [2.75, 3.05) is 11.9 Å². The lowest BCUT2D eigenvalue weighted by molar-refractivity contribution is -0.671. The molecular formula is C14H15IN2O2. The maximum absolute atomic E-state index is 11.9. The first-order valence-electron chi connectivity index (χ1n) is 5.63. The molecule has 100 valence electrons. The number of carbonyl (C=O) groups excluding carboxylic acids is 1. The van der Waals surface area contributed by atoms with E-state index in [0.717, 1.165) is 5.69 Å². The molecule has 0 spiro atoms. The van der Waals surface area contributed by atoms with E-state index >= 15 is 0 Å². The Labute approximate surface area is 129 Å². The molecule has 1 aromatic heterocycles. The van der Waals surface area contributed by atoms with E-state index < -0.39 is 6.09 Å². The van der Waals surface area contributed by atoms with Gasteiger partial charge in [0.25, 0.3) is 0 Å². The molecule has 1 heterocycles. The molecule has 0 saturated carbocycles. The number of para-hydroxylation sites is 1. The Kier molecular flexibility index (Phi) is 5.75. The number of benzene rings is 1. The number of aryl methyl sites for hydroxylation is 1. The Hall–Kier alpha value is -1.63. The smallest absolute Gasteiger partial charge is 0.419 e. The molecule has 0 unspecified atom stereocenters. The van der Waals surface area contributed by atoms with Crippen LogP contribution in [0.15, 0.2) is 54.9 Å². The second-order valence-electron chi connectivity index (χ2n) is 3.96. The lowest BCUT2D eigenvalue weighted by Crippen LogP contribution is -3.00. The van der Waals surface area contributed by atoms with E-state index in [1.807, 2.05) is 54.3 Å². The Morgan fingerprint density at radius 3 is 2.26 bits per heavy atom. The first-order chi connectivity index (χ1) is 8.66. The summed E-state index contributed by atoms with van der Waals surface area (Å²) in [5.74, 6) is 0.529. The number of amides is 1. The molecule has 0 atom stereocenters. The molecule has 2 aromatic rings. The molecule has 0 saturated heterocycles. The lowest BCUT2D eigenvalue weighted by Gasteiger charge is -2.16. The second kappa shape index (κ2) is 7.08. The van der Waals surface area contributed by atoms with Crippen LogP contribution < -0.4 is 38.2 Å². The fraction of sp³-hybridized carbons (Fsp3) is 0.143. The van der Waals surface area contributed by atoms with Crippen molar-refractivity contribution in [2.24, 2.45) is 7.05 Å². The van der Waals surface area contributed by atoms with Gasteiger partial charge in [-0.2, -0.15) is 0 Å². The van der Waals surface area contributed by atoms with Crippen molar-refractivity contribution in [1.29, 1.82) is 0 Å². The number of carbonyl (C=O) groups is 1. The highest BCUT2D eigenvalue weighted by molar-refractivity contribution is 5.88. The van der Waals surface area contributed by atoms with E-state index in [9.17, 15) is 4.79 Å². The molecule has 0 aliphatic heterocycles. The SMILES string of the molecule is CN(C(=O)Oc1cc[n+](C)cc1)c1ccccc1.[I-]. The molecule has 19 heavy (non-hydrogen) atoms. The Morgan fingerprint density at radius 2 is 1.68 bits per heavy atom. The second-order valence-corrected chi connectivity index (χ2v) is 3.96. The predicted octanol–water partition coefficient (Wildman–Crippen LogP) is -0.850. The number of nitrogens with zero attached hydrogens (tertiary/aromatic N) is 2. The van der Waals surface area contributed by atoms with Crippen molar-refractivity contribution < 1.29 is 38.1 Å². The van der Waals surface area contributed by atoms with Gasteiger partial charge in [0, 0.05) is 24.9 Å². The molecule has 2 rings (SSSR count). The molecule has 5 heteroatoms. The monoisotopic (exact) mass is 370 g/mol.